The van der Waals surface area contributed by atoms with Crippen LogP contribution < -0.4 is 5.32 Å². The zero-order chi connectivity index (χ0) is 11.4. The summed E-state index contributed by atoms with van der Waals surface area (Å²) < 4.78 is 0. The summed E-state index contributed by atoms with van der Waals surface area (Å²) in [7, 11) is 0. The van der Waals surface area contributed by atoms with Crippen LogP contribution in [0.25, 0.3) is 0 Å². The first kappa shape index (κ1) is 10.7. The molecule has 0 fully saturated rings. The van der Waals surface area contributed by atoms with E-state index in [0.717, 1.165) is 5.69 Å². The van der Waals surface area contributed by atoms with Crippen LogP contribution >= 0.6 is 0 Å². The standard InChI is InChI=1S/C15H17N/c1-15(2,13-9-5-3-6-10-13)16-14-11-7-4-8-12-14/h3-12,16H,1-2H3. The van der Waals surface area contributed by atoms with E-state index in [2.05, 4.69) is 55.6 Å². The molecule has 0 bridgehead atoms. The minimum absolute atomic E-state index is 0.0530. The van der Waals surface area contributed by atoms with Crippen LogP contribution in [0.15, 0.2) is 60.7 Å². The fourth-order valence-corrected chi connectivity index (χ4v) is 1.81. The van der Waals surface area contributed by atoms with Crippen LogP contribution in [-0.2, 0) is 5.54 Å². The number of hydrogen-bond donors (Lipinski definition) is 1. The third-order valence-corrected chi connectivity index (χ3v) is 2.73. The lowest BCUT2D eigenvalue weighted by atomic mass is 9.94. The first-order valence-electron chi connectivity index (χ1n) is 5.57. The fourth-order valence-electron chi connectivity index (χ4n) is 1.81. The number of nitrogens with one attached hydrogen (secondary N) is 1. The predicted octanol–water partition coefficient (Wildman–Crippen LogP) is 4.03. The maximum absolute atomic E-state index is 3.53. The molecule has 1 heteroatoms. The van der Waals surface area contributed by atoms with Crippen molar-refractivity contribution in [3.05, 3.63) is 66.2 Å². The third-order valence-electron chi connectivity index (χ3n) is 2.73. The van der Waals surface area contributed by atoms with E-state index in [1.165, 1.54) is 5.56 Å². The maximum atomic E-state index is 3.53. The first-order valence-corrected chi connectivity index (χ1v) is 5.57. The van der Waals surface area contributed by atoms with Gasteiger partial charge in [0.25, 0.3) is 0 Å². The number of hydrogen-bond acceptors (Lipinski definition) is 1. The van der Waals surface area contributed by atoms with Gasteiger partial charge in [-0.3, -0.25) is 0 Å². The second-order valence-electron chi connectivity index (χ2n) is 4.48. The van der Waals surface area contributed by atoms with Crippen molar-refractivity contribution in [2.45, 2.75) is 19.4 Å². The molecule has 82 valence electrons. The van der Waals surface area contributed by atoms with Crippen molar-refractivity contribution in [1.82, 2.24) is 0 Å². The van der Waals surface area contributed by atoms with Crippen molar-refractivity contribution >= 4 is 5.69 Å². The summed E-state index contributed by atoms with van der Waals surface area (Å²) in [6.45, 7) is 4.38. The van der Waals surface area contributed by atoms with Gasteiger partial charge in [-0.15, -0.1) is 0 Å². The number of rotatable bonds is 3. The van der Waals surface area contributed by atoms with Crippen LogP contribution in [0, 0.1) is 0 Å². The van der Waals surface area contributed by atoms with Gasteiger partial charge in [-0.1, -0.05) is 48.5 Å². The second-order valence-corrected chi connectivity index (χ2v) is 4.48. The van der Waals surface area contributed by atoms with Gasteiger partial charge in [0, 0.05) is 5.69 Å². The minimum atomic E-state index is -0.0530. The molecule has 0 unspecified atom stereocenters. The molecule has 1 nitrogen and oxygen atoms in total. The molecular weight excluding hydrogens is 194 g/mol. The Kier molecular flexibility index (Phi) is 2.95. The van der Waals surface area contributed by atoms with Crippen molar-refractivity contribution < 1.29 is 0 Å². The minimum Gasteiger partial charge on any atom is -0.376 e. The molecule has 0 heterocycles. The molecule has 1 N–H and O–H groups in total. The first-order chi connectivity index (χ1) is 7.68. The molecule has 0 aliphatic heterocycles. The van der Waals surface area contributed by atoms with Gasteiger partial charge in [-0.05, 0) is 31.5 Å². The monoisotopic (exact) mass is 211 g/mol. The van der Waals surface area contributed by atoms with E-state index < -0.39 is 0 Å². The summed E-state index contributed by atoms with van der Waals surface area (Å²) in [4.78, 5) is 0. The lowest BCUT2D eigenvalue weighted by Crippen LogP contribution is -2.27. The zero-order valence-corrected chi connectivity index (χ0v) is 9.77. The molecule has 2 aromatic rings. The quantitative estimate of drug-likeness (QED) is 0.808. The second kappa shape index (κ2) is 4.40. The molecule has 0 saturated carbocycles. The molecule has 0 aromatic heterocycles. The lowest BCUT2D eigenvalue weighted by Gasteiger charge is -2.28. The highest BCUT2D eigenvalue weighted by Gasteiger charge is 2.19. The Morgan fingerprint density at radius 3 is 1.81 bits per heavy atom. The zero-order valence-electron chi connectivity index (χ0n) is 9.77. The van der Waals surface area contributed by atoms with E-state index in [0.29, 0.717) is 0 Å². The molecule has 0 aliphatic rings. The molecule has 0 aliphatic carbocycles. The van der Waals surface area contributed by atoms with Gasteiger partial charge in [0.05, 0.1) is 5.54 Å². The molecule has 0 spiro atoms. The van der Waals surface area contributed by atoms with Crippen molar-refractivity contribution in [1.29, 1.82) is 0 Å². The van der Waals surface area contributed by atoms with Gasteiger partial charge >= 0.3 is 0 Å². The van der Waals surface area contributed by atoms with E-state index in [-0.39, 0.29) is 5.54 Å². The van der Waals surface area contributed by atoms with Crippen LogP contribution in [0.5, 0.6) is 0 Å². The predicted molar refractivity (Wildman–Crippen MR) is 69.5 cm³/mol. The van der Waals surface area contributed by atoms with Crippen molar-refractivity contribution in [3.63, 3.8) is 0 Å². The number of anilines is 1. The molecule has 0 atom stereocenters. The van der Waals surface area contributed by atoms with Gasteiger partial charge in [0.15, 0.2) is 0 Å². The molecule has 2 aromatic carbocycles. The topological polar surface area (TPSA) is 12.0 Å². The highest BCUT2D eigenvalue weighted by Crippen LogP contribution is 2.24. The van der Waals surface area contributed by atoms with E-state index >= 15 is 0 Å². The summed E-state index contributed by atoms with van der Waals surface area (Å²) in [6, 6.07) is 20.8. The average molecular weight is 211 g/mol. The van der Waals surface area contributed by atoms with Crippen molar-refractivity contribution in [2.24, 2.45) is 0 Å². The Morgan fingerprint density at radius 1 is 0.750 bits per heavy atom. The van der Waals surface area contributed by atoms with Gasteiger partial charge in [0.1, 0.15) is 0 Å². The van der Waals surface area contributed by atoms with E-state index in [9.17, 15) is 0 Å². The van der Waals surface area contributed by atoms with Gasteiger partial charge in [0.2, 0.25) is 0 Å². The van der Waals surface area contributed by atoms with Crippen LogP contribution in [-0.4, -0.2) is 0 Å². The summed E-state index contributed by atoms with van der Waals surface area (Å²) in [6.07, 6.45) is 0. The fraction of sp³-hybridized carbons (Fsp3) is 0.200. The van der Waals surface area contributed by atoms with Crippen LogP contribution in [0.4, 0.5) is 5.69 Å². The largest absolute Gasteiger partial charge is 0.376 e. The highest BCUT2D eigenvalue weighted by molar-refractivity contribution is 5.47. The van der Waals surface area contributed by atoms with E-state index in [1.54, 1.807) is 0 Å². The van der Waals surface area contributed by atoms with Crippen molar-refractivity contribution in [2.75, 3.05) is 5.32 Å². The van der Waals surface area contributed by atoms with Gasteiger partial charge in [-0.25, -0.2) is 0 Å². The number of para-hydroxylation sites is 1. The maximum Gasteiger partial charge on any atom is 0.0569 e. The lowest BCUT2D eigenvalue weighted by molar-refractivity contribution is 0.609. The molecule has 2 rings (SSSR count). The third kappa shape index (κ3) is 2.43. The number of benzene rings is 2. The van der Waals surface area contributed by atoms with E-state index in [1.807, 2.05) is 24.3 Å². The normalized spacial score (nSPS) is 11.1. The van der Waals surface area contributed by atoms with Crippen molar-refractivity contribution in [3.8, 4) is 0 Å². The summed E-state index contributed by atoms with van der Waals surface area (Å²) in [5, 5.41) is 3.53. The van der Waals surface area contributed by atoms with Gasteiger partial charge in [-0.2, -0.15) is 0 Å². The Bertz CT molecular complexity index is 432. The Morgan fingerprint density at radius 2 is 1.25 bits per heavy atom. The Balaban J connectivity index is 2.21. The Hall–Kier alpha value is -1.76. The summed E-state index contributed by atoms with van der Waals surface area (Å²) in [5.74, 6) is 0. The van der Waals surface area contributed by atoms with Crippen LogP contribution in [0.3, 0.4) is 0 Å². The molecular formula is C15H17N. The van der Waals surface area contributed by atoms with E-state index in [4.69, 9.17) is 0 Å². The molecule has 16 heavy (non-hydrogen) atoms. The molecule has 0 radical (unpaired) electrons. The Labute approximate surface area is 97.1 Å². The molecule has 0 saturated heterocycles. The average Bonchev–Trinajstić information content (AvgIpc) is 2.31. The SMILES string of the molecule is CC(C)(Nc1ccccc1)c1ccccc1. The smallest absolute Gasteiger partial charge is 0.0569 e. The molecule has 0 amide bonds. The highest BCUT2D eigenvalue weighted by atomic mass is 15.0. The summed E-state index contributed by atoms with van der Waals surface area (Å²) >= 11 is 0. The van der Waals surface area contributed by atoms with Crippen LogP contribution in [0.2, 0.25) is 0 Å². The van der Waals surface area contributed by atoms with Gasteiger partial charge < -0.3 is 5.32 Å². The van der Waals surface area contributed by atoms with Crippen LogP contribution in [0.1, 0.15) is 19.4 Å². The summed E-state index contributed by atoms with van der Waals surface area (Å²) in [5.41, 5.74) is 2.39.